The molecular weight excluding hydrogens is 405 g/mol. The van der Waals surface area contributed by atoms with Gasteiger partial charge in [-0.25, -0.2) is 9.79 Å². The molecule has 0 bridgehead atoms. The number of fused-ring (bicyclic) bond motifs is 3. The number of anilines is 1. The van der Waals surface area contributed by atoms with Crippen molar-refractivity contribution in [3.8, 4) is 0 Å². The van der Waals surface area contributed by atoms with Crippen LogP contribution in [0.2, 0.25) is 0 Å². The summed E-state index contributed by atoms with van der Waals surface area (Å²) < 4.78 is 38.6. The highest BCUT2D eigenvalue weighted by molar-refractivity contribution is 6.10. The van der Waals surface area contributed by atoms with Gasteiger partial charge in [0, 0.05) is 24.6 Å². The molecule has 0 aromatic heterocycles. The Balaban J connectivity index is 1.68. The highest BCUT2D eigenvalue weighted by Crippen LogP contribution is 2.37. The van der Waals surface area contributed by atoms with Crippen molar-refractivity contribution < 1.29 is 27.6 Å². The third-order valence-corrected chi connectivity index (χ3v) is 5.15. The predicted octanol–water partition coefficient (Wildman–Crippen LogP) is 1.13. The summed E-state index contributed by atoms with van der Waals surface area (Å²) in [6, 6.07) is 2.94. The van der Waals surface area contributed by atoms with Gasteiger partial charge in [0.2, 0.25) is 11.9 Å². The molecule has 2 N–H and O–H groups in total. The molecule has 2 atom stereocenters. The van der Waals surface area contributed by atoms with Crippen LogP contribution in [0.5, 0.6) is 0 Å². The van der Waals surface area contributed by atoms with Gasteiger partial charge in [-0.3, -0.25) is 19.4 Å². The number of guanidine groups is 1. The fourth-order valence-electron chi connectivity index (χ4n) is 3.77. The minimum absolute atomic E-state index is 0.302. The van der Waals surface area contributed by atoms with Crippen LogP contribution in [-0.4, -0.2) is 64.3 Å². The molecule has 2 unspecified atom stereocenters. The fraction of sp³-hybridized carbons (Fsp3) is 0.333. The molecule has 1 aromatic carbocycles. The van der Waals surface area contributed by atoms with E-state index in [0.717, 1.165) is 17.0 Å². The Morgan fingerprint density at radius 1 is 1.20 bits per heavy atom. The number of primary amides is 1. The van der Waals surface area contributed by atoms with Crippen molar-refractivity contribution in [3.63, 3.8) is 0 Å². The summed E-state index contributed by atoms with van der Waals surface area (Å²) in [5.74, 6) is -1.16. The van der Waals surface area contributed by atoms with Crippen molar-refractivity contribution in [2.45, 2.75) is 25.3 Å². The molecule has 3 aliphatic rings. The number of alkyl halides is 3. The average Bonchev–Trinajstić information content (AvgIpc) is 3.17. The van der Waals surface area contributed by atoms with Crippen LogP contribution >= 0.6 is 0 Å². The lowest BCUT2D eigenvalue weighted by Gasteiger charge is -2.39. The van der Waals surface area contributed by atoms with Crippen LogP contribution in [0.1, 0.15) is 12.5 Å². The largest absolute Gasteiger partial charge is 0.416 e. The minimum Gasteiger partial charge on any atom is -0.368 e. The van der Waals surface area contributed by atoms with E-state index in [1.165, 1.54) is 24.1 Å². The van der Waals surface area contributed by atoms with Crippen LogP contribution in [-0.2, 0) is 15.8 Å². The second kappa shape index (κ2) is 6.47. The van der Waals surface area contributed by atoms with E-state index in [2.05, 4.69) is 4.99 Å². The van der Waals surface area contributed by atoms with Gasteiger partial charge >= 0.3 is 12.2 Å². The highest BCUT2D eigenvalue weighted by atomic mass is 19.4. The second-order valence-electron chi connectivity index (χ2n) is 7.13. The molecule has 1 fully saturated rings. The first-order valence-corrected chi connectivity index (χ1v) is 8.89. The van der Waals surface area contributed by atoms with Gasteiger partial charge in [0.25, 0.3) is 5.91 Å². The standard InChI is InChI=1S/C18H17F3N6O3/c1-9-7-25-13-14(24(2)17(30)26(15(13)29)8-12(22)28)23-16(25)27(9)11-5-3-10(4-6-11)18(19,20)21/h3-7,13-14H,8H2,1-2H3,(H2,22,28). The molecule has 4 rings (SSSR count). The number of nitrogens with two attached hydrogens (primary N) is 1. The van der Waals surface area contributed by atoms with Crippen molar-refractivity contribution in [3.05, 3.63) is 41.7 Å². The van der Waals surface area contributed by atoms with Crippen molar-refractivity contribution in [2.24, 2.45) is 10.7 Å². The van der Waals surface area contributed by atoms with E-state index in [4.69, 9.17) is 5.73 Å². The Bertz CT molecular complexity index is 1000. The predicted molar refractivity (Wildman–Crippen MR) is 98.6 cm³/mol. The number of carbonyl (C=O) groups is 3. The Kier molecular flexibility index (Phi) is 4.26. The van der Waals surface area contributed by atoms with Gasteiger partial charge in [0.15, 0.2) is 12.2 Å². The number of halogens is 3. The Hall–Kier alpha value is -3.57. The smallest absolute Gasteiger partial charge is 0.368 e. The Morgan fingerprint density at radius 3 is 2.40 bits per heavy atom. The lowest BCUT2D eigenvalue weighted by atomic mass is 10.1. The minimum atomic E-state index is -4.46. The van der Waals surface area contributed by atoms with Crippen molar-refractivity contribution in [1.82, 2.24) is 14.7 Å². The van der Waals surface area contributed by atoms with Crippen LogP contribution in [0.4, 0.5) is 23.7 Å². The second-order valence-corrected chi connectivity index (χ2v) is 7.13. The molecular formula is C18H17F3N6O3. The number of allylic oxidation sites excluding steroid dienone is 1. The summed E-state index contributed by atoms with van der Waals surface area (Å²) in [4.78, 5) is 46.3. The molecule has 0 radical (unpaired) electrons. The summed E-state index contributed by atoms with van der Waals surface area (Å²) >= 11 is 0. The molecule has 1 aromatic rings. The first-order valence-electron chi connectivity index (χ1n) is 8.89. The van der Waals surface area contributed by atoms with E-state index in [0.29, 0.717) is 17.3 Å². The topological polar surface area (TPSA) is 103 Å². The van der Waals surface area contributed by atoms with Gasteiger partial charge < -0.3 is 15.5 Å². The molecule has 30 heavy (non-hydrogen) atoms. The van der Waals surface area contributed by atoms with Crippen molar-refractivity contribution in [2.75, 3.05) is 18.5 Å². The first-order chi connectivity index (χ1) is 14.0. The van der Waals surface area contributed by atoms with Crippen molar-refractivity contribution >= 4 is 29.5 Å². The van der Waals surface area contributed by atoms with E-state index in [1.54, 1.807) is 22.9 Å². The molecule has 158 valence electrons. The molecule has 4 amide bonds. The SMILES string of the molecule is CC1=CN2C(=NC3C2C(=O)N(CC(N)=O)C(=O)N3C)N1c1ccc(C(F)(F)F)cc1. The molecule has 3 heterocycles. The number of carbonyl (C=O) groups excluding carboxylic acids is 3. The average molecular weight is 422 g/mol. The number of hydrogen-bond donors (Lipinski definition) is 1. The fourth-order valence-corrected chi connectivity index (χ4v) is 3.77. The quantitative estimate of drug-likeness (QED) is 0.787. The third kappa shape index (κ3) is 2.86. The molecule has 0 saturated carbocycles. The molecule has 3 aliphatic heterocycles. The zero-order chi connectivity index (χ0) is 22.0. The van der Waals surface area contributed by atoms with Gasteiger partial charge in [-0.05, 0) is 31.2 Å². The number of amides is 4. The highest BCUT2D eigenvalue weighted by Gasteiger charge is 2.54. The maximum absolute atomic E-state index is 12.9. The maximum Gasteiger partial charge on any atom is 0.416 e. The van der Waals surface area contributed by atoms with E-state index < -0.39 is 48.3 Å². The molecule has 9 nitrogen and oxygen atoms in total. The summed E-state index contributed by atoms with van der Waals surface area (Å²) in [6.45, 7) is 1.16. The number of aliphatic imine (C=N–C) groups is 1. The van der Waals surface area contributed by atoms with Crippen LogP contribution < -0.4 is 10.6 Å². The van der Waals surface area contributed by atoms with E-state index in [1.807, 2.05) is 0 Å². The number of nitrogens with zero attached hydrogens (tertiary/aromatic N) is 5. The first kappa shape index (κ1) is 19.7. The van der Waals surface area contributed by atoms with Gasteiger partial charge in [0.1, 0.15) is 6.54 Å². The van der Waals surface area contributed by atoms with Gasteiger partial charge in [-0.15, -0.1) is 0 Å². The lowest BCUT2D eigenvalue weighted by Crippen LogP contribution is -2.65. The van der Waals surface area contributed by atoms with Crippen LogP contribution in [0.15, 0.2) is 41.2 Å². The van der Waals surface area contributed by atoms with E-state index >= 15 is 0 Å². The number of benzene rings is 1. The Morgan fingerprint density at radius 2 is 1.83 bits per heavy atom. The van der Waals surface area contributed by atoms with Gasteiger partial charge in [-0.1, -0.05) is 0 Å². The third-order valence-electron chi connectivity index (χ3n) is 5.15. The summed E-state index contributed by atoms with van der Waals surface area (Å²) in [7, 11) is 1.45. The molecule has 1 saturated heterocycles. The van der Waals surface area contributed by atoms with Crippen LogP contribution in [0, 0.1) is 0 Å². The number of hydrogen-bond acceptors (Lipinski definition) is 6. The molecule has 0 spiro atoms. The zero-order valence-electron chi connectivity index (χ0n) is 15.9. The summed E-state index contributed by atoms with van der Waals surface area (Å²) in [6.07, 6.45) is -3.67. The van der Waals surface area contributed by atoms with Gasteiger partial charge in [0.05, 0.1) is 5.56 Å². The maximum atomic E-state index is 12.9. The van der Waals surface area contributed by atoms with Gasteiger partial charge in [-0.2, -0.15) is 13.2 Å². The molecule has 12 heteroatoms. The van der Waals surface area contributed by atoms with E-state index in [-0.39, 0.29) is 0 Å². The van der Waals surface area contributed by atoms with Crippen molar-refractivity contribution in [1.29, 1.82) is 0 Å². The number of likely N-dealkylation sites (N-methyl/N-ethyl adjacent to an activating group) is 1. The monoisotopic (exact) mass is 422 g/mol. The number of rotatable bonds is 3. The normalized spacial score (nSPS) is 23.5. The summed E-state index contributed by atoms with van der Waals surface area (Å²) in [5, 5.41) is 0. The number of urea groups is 1. The number of imide groups is 1. The Labute approximate surface area is 168 Å². The van der Waals surface area contributed by atoms with Crippen LogP contribution in [0.3, 0.4) is 0 Å². The lowest BCUT2D eigenvalue weighted by molar-refractivity contribution is -0.139. The molecule has 0 aliphatic carbocycles. The summed E-state index contributed by atoms with van der Waals surface area (Å²) in [5.41, 5.74) is 5.42. The van der Waals surface area contributed by atoms with Crippen LogP contribution in [0.25, 0.3) is 0 Å². The van der Waals surface area contributed by atoms with E-state index in [9.17, 15) is 27.6 Å². The zero-order valence-corrected chi connectivity index (χ0v) is 15.9.